The highest BCUT2D eigenvalue weighted by atomic mass is 35.5. The van der Waals surface area contributed by atoms with Crippen LogP contribution < -0.4 is 5.73 Å². The van der Waals surface area contributed by atoms with Crippen LogP contribution in [0.4, 0.5) is 5.69 Å². The van der Waals surface area contributed by atoms with Crippen molar-refractivity contribution < 1.29 is 8.42 Å². The average Bonchev–Trinajstić information content (AvgIpc) is 2.35. The Kier molecular flexibility index (Phi) is 9.02. The summed E-state index contributed by atoms with van der Waals surface area (Å²) in [6, 6.07) is 0. The predicted octanol–water partition coefficient (Wildman–Crippen LogP) is 0.310. The van der Waals surface area contributed by atoms with Crippen molar-refractivity contribution in [3.05, 3.63) is 12.4 Å². The third-order valence-electron chi connectivity index (χ3n) is 1.38. The van der Waals surface area contributed by atoms with Crippen molar-refractivity contribution in [3.8, 4) is 0 Å². The fourth-order valence-electron chi connectivity index (χ4n) is 0.864. The van der Waals surface area contributed by atoms with Crippen LogP contribution in [0, 0.1) is 0 Å². The lowest BCUT2D eigenvalue weighted by Gasteiger charge is -1.96. The topological polar surface area (TPSA) is 78.0 Å². The SMILES string of the molecule is Cl.Cl.Nc1cnn(CCC[SH](=O)=O)c1. The highest BCUT2D eigenvalue weighted by Crippen LogP contribution is 1.98. The van der Waals surface area contributed by atoms with Gasteiger partial charge < -0.3 is 5.73 Å². The van der Waals surface area contributed by atoms with Gasteiger partial charge in [-0.3, -0.25) is 4.68 Å². The van der Waals surface area contributed by atoms with Crippen LogP contribution >= 0.6 is 24.8 Å². The number of halogens is 2. The molecule has 0 aliphatic heterocycles. The van der Waals surface area contributed by atoms with Gasteiger partial charge in [0.25, 0.3) is 0 Å². The fraction of sp³-hybridized carbons (Fsp3) is 0.500. The minimum atomic E-state index is -2.26. The molecular weight excluding hydrogens is 249 g/mol. The minimum Gasteiger partial charge on any atom is -0.396 e. The summed E-state index contributed by atoms with van der Waals surface area (Å²) in [6.07, 6.45) is 3.80. The summed E-state index contributed by atoms with van der Waals surface area (Å²) in [6.45, 7) is 0.598. The van der Waals surface area contributed by atoms with Gasteiger partial charge in [-0.2, -0.15) is 5.10 Å². The van der Waals surface area contributed by atoms with E-state index in [1.165, 1.54) is 6.20 Å². The smallest absolute Gasteiger partial charge is 0.140 e. The quantitative estimate of drug-likeness (QED) is 0.765. The molecule has 8 heteroatoms. The lowest BCUT2D eigenvalue weighted by molar-refractivity contribution is 0.584. The monoisotopic (exact) mass is 261 g/mol. The van der Waals surface area contributed by atoms with E-state index in [0.717, 1.165) is 0 Å². The maximum Gasteiger partial charge on any atom is 0.140 e. The van der Waals surface area contributed by atoms with Gasteiger partial charge in [0, 0.05) is 18.5 Å². The van der Waals surface area contributed by atoms with Crippen molar-refractivity contribution in [3.63, 3.8) is 0 Å². The van der Waals surface area contributed by atoms with Gasteiger partial charge in [0.05, 0.1) is 11.9 Å². The summed E-state index contributed by atoms with van der Waals surface area (Å²) in [7, 11) is -2.26. The Hall–Kier alpha value is -0.460. The second-order valence-corrected chi connectivity index (χ2v) is 3.56. The first kappa shape index (κ1) is 16.0. The molecule has 0 saturated heterocycles. The molecule has 0 atom stereocenters. The van der Waals surface area contributed by atoms with Gasteiger partial charge in [-0.25, -0.2) is 8.42 Å². The molecule has 0 bridgehead atoms. The van der Waals surface area contributed by atoms with Crippen LogP contribution in [0.1, 0.15) is 6.42 Å². The molecule has 14 heavy (non-hydrogen) atoms. The molecule has 0 radical (unpaired) electrons. The molecule has 84 valence electrons. The summed E-state index contributed by atoms with van der Waals surface area (Å²) in [5, 5.41) is 3.91. The van der Waals surface area contributed by atoms with E-state index in [0.29, 0.717) is 18.7 Å². The first-order valence-corrected chi connectivity index (χ1v) is 4.94. The van der Waals surface area contributed by atoms with Crippen LogP contribution in [0.25, 0.3) is 0 Å². The molecule has 0 aliphatic carbocycles. The second-order valence-electron chi connectivity index (χ2n) is 2.45. The van der Waals surface area contributed by atoms with E-state index in [1.54, 1.807) is 10.9 Å². The Morgan fingerprint density at radius 1 is 1.43 bits per heavy atom. The molecule has 0 unspecified atom stereocenters. The van der Waals surface area contributed by atoms with E-state index >= 15 is 0 Å². The van der Waals surface area contributed by atoms with E-state index in [4.69, 9.17) is 5.73 Å². The van der Waals surface area contributed by atoms with Crippen LogP contribution in [-0.2, 0) is 17.2 Å². The Labute approximate surface area is 96.4 Å². The molecule has 2 N–H and O–H groups in total. The van der Waals surface area contributed by atoms with Gasteiger partial charge in [-0.15, -0.1) is 24.8 Å². The first-order chi connectivity index (χ1) is 5.68. The van der Waals surface area contributed by atoms with Gasteiger partial charge in [-0.05, 0) is 6.42 Å². The fourth-order valence-corrected chi connectivity index (χ4v) is 1.26. The number of hydrogen-bond acceptors (Lipinski definition) is 4. The number of hydrogen-bond donors (Lipinski definition) is 2. The summed E-state index contributed by atoms with van der Waals surface area (Å²) >= 11 is 0. The Balaban J connectivity index is 0. The van der Waals surface area contributed by atoms with Crippen LogP contribution in [0.3, 0.4) is 0 Å². The summed E-state index contributed by atoms with van der Waals surface area (Å²) in [4.78, 5) is 0. The van der Waals surface area contributed by atoms with Gasteiger partial charge >= 0.3 is 0 Å². The molecule has 0 amide bonds. The lowest BCUT2D eigenvalue weighted by atomic mass is 10.5. The van der Waals surface area contributed by atoms with Crippen LogP contribution in [0.15, 0.2) is 12.4 Å². The van der Waals surface area contributed by atoms with Crippen LogP contribution in [0.5, 0.6) is 0 Å². The average molecular weight is 262 g/mol. The molecule has 1 heterocycles. The molecule has 0 spiro atoms. The van der Waals surface area contributed by atoms with E-state index in [2.05, 4.69) is 5.10 Å². The molecule has 0 aromatic carbocycles. The van der Waals surface area contributed by atoms with Gasteiger partial charge in [-0.1, -0.05) is 0 Å². The minimum absolute atomic E-state index is 0. The maximum absolute atomic E-state index is 10.2. The maximum atomic E-state index is 10.2. The first-order valence-electron chi connectivity index (χ1n) is 3.58. The molecule has 1 aromatic heterocycles. The molecule has 1 aromatic rings. The molecule has 5 nitrogen and oxygen atoms in total. The standard InChI is InChI=1S/C6H11N3O2S.2ClH/c7-6-4-8-9(5-6)2-1-3-12(10)11;;/h4-5,12H,1-3,7H2;2*1H. The molecule has 0 aliphatic rings. The van der Waals surface area contributed by atoms with Gasteiger partial charge in [0.1, 0.15) is 10.7 Å². The number of nitrogens with two attached hydrogens (primary N) is 1. The van der Waals surface area contributed by atoms with Crippen molar-refractivity contribution in [1.29, 1.82) is 0 Å². The van der Waals surface area contributed by atoms with Gasteiger partial charge in [0.2, 0.25) is 0 Å². The number of aryl methyl sites for hydroxylation is 1. The highest BCUT2D eigenvalue weighted by Gasteiger charge is 1.94. The number of anilines is 1. The number of thiol groups is 1. The van der Waals surface area contributed by atoms with Crippen LogP contribution in [0.2, 0.25) is 0 Å². The number of rotatable bonds is 4. The lowest BCUT2D eigenvalue weighted by Crippen LogP contribution is -2.01. The molecular formula is C6H13Cl2N3O2S. The Bertz CT molecular complexity index is 319. The van der Waals surface area contributed by atoms with E-state index in [-0.39, 0.29) is 30.6 Å². The molecule has 1 rings (SSSR count). The third kappa shape index (κ3) is 6.06. The van der Waals surface area contributed by atoms with Crippen molar-refractivity contribution in [2.75, 3.05) is 11.5 Å². The summed E-state index contributed by atoms with van der Waals surface area (Å²) in [5.41, 5.74) is 6.01. The normalized spacial score (nSPS) is 9.21. The largest absolute Gasteiger partial charge is 0.396 e. The van der Waals surface area contributed by atoms with Crippen molar-refractivity contribution in [2.24, 2.45) is 0 Å². The van der Waals surface area contributed by atoms with Crippen LogP contribution in [-0.4, -0.2) is 24.0 Å². The van der Waals surface area contributed by atoms with Crippen molar-refractivity contribution >= 4 is 41.2 Å². The van der Waals surface area contributed by atoms with E-state index < -0.39 is 10.7 Å². The molecule has 0 fully saturated rings. The van der Waals surface area contributed by atoms with E-state index in [9.17, 15) is 8.42 Å². The highest BCUT2D eigenvalue weighted by molar-refractivity contribution is 7.72. The Morgan fingerprint density at radius 3 is 2.50 bits per heavy atom. The second kappa shape index (κ2) is 7.90. The Morgan fingerprint density at radius 2 is 2.07 bits per heavy atom. The zero-order valence-electron chi connectivity index (χ0n) is 7.33. The zero-order valence-corrected chi connectivity index (χ0v) is 9.86. The predicted molar refractivity (Wildman–Crippen MR) is 60.9 cm³/mol. The van der Waals surface area contributed by atoms with E-state index in [1.807, 2.05) is 0 Å². The number of aromatic nitrogens is 2. The zero-order chi connectivity index (χ0) is 8.97. The summed E-state index contributed by atoms with van der Waals surface area (Å²) < 4.78 is 22.0. The number of nitrogen functional groups attached to an aromatic ring is 1. The third-order valence-corrected chi connectivity index (χ3v) is 2.06. The van der Waals surface area contributed by atoms with Crippen molar-refractivity contribution in [2.45, 2.75) is 13.0 Å². The molecule has 0 saturated carbocycles. The number of nitrogens with zero attached hydrogens (tertiary/aromatic N) is 2. The van der Waals surface area contributed by atoms with Crippen molar-refractivity contribution in [1.82, 2.24) is 9.78 Å². The van der Waals surface area contributed by atoms with Gasteiger partial charge in [0.15, 0.2) is 0 Å². The summed E-state index contributed by atoms with van der Waals surface area (Å²) in [5.74, 6) is 0.203.